The highest BCUT2D eigenvalue weighted by molar-refractivity contribution is 6.31. The number of aromatic amines is 1. The summed E-state index contributed by atoms with van der Waals surface area (Å²) in [6.07, 6.45) is 4.34. The standard InChI is InChI=1S/C30H28ClN5O3/c1-20-3-8-24(9-4-20)39-30(37)36-15-13-25-26-17-22(31)7-12-27(26)34-28(25)29(36)21-5-10-23(11-6-21)38-16-2-14-35-19-32-18-33-35/h3-12,17-19,29,34H,2,13-16H2,1H3. The molecule has 0 saturated carbocycles. The lowest BCUT2D eigenvalue weighted by molar-refractivity contribution is 0.135. The van der Waals surface area contributed by atoms with Gasteiger partial charge in [-0.25, -0.2) is 9.78 Å². The molecule has 2 aromatic heterocycles. The van der Waals surface area contributed by atoms with Crippen LogP contribution in [0.1, 0.15) is 34.8 Å². The number of amides is 1. The molecule has 0 radical (unpaired) electrons. The van der Waals surface area contributed by atoms with Gasteiger partial charge in [-0.3, -0.25) is 9.58 Å². The van der Waals surface area contributed by atoms with Crippen molar-refractivity contribution in [1.82, 2.24) is 24.6 Å². The van der Waals surface area contributed by atoms with Crippen LogP contribution in [0.3, 0.4) is 0 Å². The number of nitrogens with one attached hydrogen (secondary N) is 1. The molecule has 3 aromatic carbocycles. The van der Waals surface area contributed by atoms with Gasteiger partial charge in [0.15, 0.2) is 0 Å². The van der Waals surface area contributed by atoms with Crippen LogP contribution in [-0.4, -0.2) is 43.9 Å². The summed E-state index contributed by atoms with van der Waals surface area (Å²) in [5.74, 6) is 1.29. The first-order valence-corrected chi connectivity index (χ1v) is 13.3. The number of aromatic nitrogens is 4. The monoisotopic (exact) mass is 541 g/mol. The van der Waals surface area contributed by atoms with Gasteiger partial charge in [-0.05, 0) is 66.9 Å². The number of rotatable bonds is 7. The first-order chi connectivity index (χ1) is 19.0. The average Bonchev–Trinajstić information content (AvgIpc) is 3.60. The van der Waals surface area contributed by atoms with Gasteiger partial charge in [-0.1, -0.05) is 41.4 Å². The molecule has 0 fully saturated rings. The van der Waals surface area contributed by atoms with Gasteiger partial charge in [0, 0.05) is 41.1 Å². The second-order valence-electron chi connectivity index (χ2n) is 9.66. The highest BCUT2D eigenvalue weighted by Gasteiger charge is 2.35. The van der Waals surface area contributed by atoms with E-state index in [2.05, 4.69) is 15.1 Å². The van der Waals surface area contributed by atoms with Crippen LogP contribution in [0.15, 0.2) is 79.4 Å². The number of hydrogen-bond acceptors (Lipinski definition) is 5. The van der Waals surface area contributed by atoms with E-state index < -0.39 is 0 Å². The van der Waals surface area contributed by atoms with Crippen LogP contribution in [0.5, 0.6) is 11.5 Å². The quantitative estimate of drug-likeness (QED) is 0.243. The molecule has 0 aliphatic carbocycles. The van der Waals surface area contributed by atoms with Crippen LogP contribution in [0.25, 0.3) is 10.9 Å². The first-order valence-electron chi connectivity index (χ1n) is 13.0. The van der Waals surface area contributed by atoms with Crippen molar-refractivity contribution in [3.05, 3.63) is 107 Å². The maximum atomic E-state index is 13.5. The Morgan fingerprint density at radius 1 is 1.08 bits per heavy atom. The van der Waals surface area contributed by atoms with Gasteiger partial charge in [-0.15, -0.1) is 0 Å². The number of hydrogen-bond donors (Lipinski definition) is 1. The number of carbonyl (C=O) groups excluding carboxylic acids is 1. The molecule has 0 bridgehead atoms. The zero-order valence-electron chi connectivity index (χ0n) is 21.5. The fourth-order valence-electron chi connectivity index (χ4n) is 5.08. The van der Waals surface area contributed by atoms with Crippen molar-refractivity contribution in [3.63, 3.8) is 0 Å². The maximum Gasteiger partial charge on any atom is 0.416 e. The van der Waals surface area contributed by atoms with Gasteiger partial charge < -0.3 is 14.5 Å². The van der Waals surface area contributed by atoms with E-state index in [9.17, 15) is 4.79 Å². The third-order valence-corrected chi connectivity index (χ3v) is 7.25. The Hall–Kier alpha value is -4.30. The Morgan fingerprint density at radius 2 is 1.87 bits per heavy atom. The maximum absolute atomic E-state index is 13.5. The second kappa shape index (κ2) is 10.8. The number of benzene rings is 3. The van der Waals surface area contributed by atoms with E-state index in [1.165, 1.54) is 11.9 Å². The Morgan fingerprint density at radius 3 is 2.64 bits per heavy atom. The van der Waals surface area contributed by atoms with Gasteiger partial charge in [0.2, 0.25) is 0 Å². The van der Waals surface area contributed by atoms with Gasteiger partial charge in [0.05, 0.1) is 6.61 Å². The van der Waals surface area contributed by atoms with Crippen molar-refractivity contribution in [2.24, 2.45) is 0 Å². The number of fused-ring (bicyclic) bond motifs is 3. The zero-order valence-corrected chi connectivity index (χ0v) is 22.3. The Labute approximate surface area is 231 Å². The number of halogens is 1. The molecule has 1 aliphatic rings. The van der Waals surface area contributed by atoms with E-state index in [0.29, 0.717) is 30.3 Å². The van der Waals surface area contributed by atoms with E-state index >= 15 is 0 Å². The van der Waals surface area contributed by atoms with E-state index in [0.717, 1.165) is 46.4 Å². The fraction of sp³-hybridized carbons (Fsp3) is 0.233. The largest absolute Gasteiger partial charge is 0.494 e. The molecule has 0 saturated heterocycles. The smallest absolute Gasteiger partial charge is 0.416 e. The summed E-state index contributed by atoms with van der Waals surface area (Å²) in [6.45, 7) is 3.82. The van der Waals surface area contributed by atoms with E-state index in [4.69, 9.17) is 21.1 Å². The molecular weight excluding hydrogens is 514 g/mol. The van der Waals surface area contributed by atoms with E-state index in [1.54, 1.807) is 15.9 Å². The normalized spacial score (nSPS) is 14.8. The number of carbonyl (C=O) groups is 1. The van der Waals surface area contributed by atoms with Crippen molar-refractivity contribution in [3.8, 4) is 11.5 Å². The summed E-state index contributed by atoms with van der Waals surface area (Å²) in [5.41, 5.74) is 5.21. The number of aryl methyl sites for hydroxylation is 2. The first kappa shape index (κ1) is 25.0. The van der Waals surface area contributed by atoms with E-state index in [1.807, 2.05) is 73.7 Å². The van der Waals surface area contributed by atoms with Crippen molar-refractivity contribution in [1.29, 1.82) is 0 Å². The molecule has 3 heterocycles. The number of ether oxygens (including phenoxy) is 2. The molecule has 9 heteroatoms. The average molecular weight is 542 g/mol. The van der Waals surface area contributed by atoms with Gasteiger partial charge >= 0.3 is 6.09 Å². The predicted octanol–water partition coefficient (Wildman–Crippen LogP) is 6.34. The molecular formula is C30H28ClN5O3. The summed E-state index contributed by atoms with van der Waals surface area (Å²) in [6, 6.07) is 20.9. The Balaban J connectivity index is 1.26. The van der Waals surface area contributed by atoms with Crippen LogP contribution < -0.4 is 9.47 Å². The van der Waals surface area contributed by atoms with Crippen LogP contribution in [0.4, 0.5) is 4.79 Å². The molecule has 39 heavy (non-hydrogen) atoms. The molecule has 0 spiro atoms. The van der Waals surface area contributed by atoms with Gasteiger partial charge in [0.25, 0.3) is 0 Å². The minimum atomic E-state index is -0.389. The van der Waals surface area contributed by atoms with Gasteiger partial charge in [0.1, 0.15) is 30.2 Å². The summed E-state index contributed by atoms with van der Waals surface area (Å²) in [5, 5.41) is 5.88. The third-order valence-electron chi connectivity index (χ3n) is 7.01. The number of H-pyrrole nitrogens is 1. The van der Waals surface area contributed by atoms with E-state index in [-0.39, 0.29) is 12.1 Å². The number of nitrogens with zero attached hydrogens (tertiary/aromatic N) is 4. The zero-order chi connectivity index (χ0) is 26.8. The van der Waals surface area contributed by atoms with Crippen LogP contribution in [0, 0.1) is 6.92 Å². The molecule has 198 valence electrons. The fourth-order valence-corrected chi connectivity index (χ4v) is 5.25. The van der Waals surface area contributed by atoms with Gasteiger partial charge in [-0.2, -0.15) is 5.10 Å². The SMILES string of the molecule is Cc1ccc(OC(=O)N2CCc3c([nH]c4ccc(Cl)cc34)C2c2ccc(OCCCn3cncn3)cc2)cc1. The van der Waals surface area contributed by atoms with Crippen molar-refractivity contribution >= 4 is 28.6 Å². The minimum Gasteiger partial charge on any atom is -0.494 e. The minimum absolute atomic E-state index is 0.348. The van der Waals surface area contributed by atoms with Crippen LogP contribution in [-0.2, 0) is 13.0 Å². The Bertz CT molecular complexity index is 1580. The summed E-state index contributed by atoms with van der Waals surface area (Å²) in [7, 11) is 0. The summed E-state index contributed by atoms with van der Waals surface area (Å²) in [4.78, 5) is 22.8. The molecule has 5 aromatic rings. The highest BCUT2D eigenvalue weighted by Crippen LogP contribution is 2.40. The van der Waals surface area contributed by atoms with Crippen LogP contribution >= 0.6 is 11.6 Å². The molecule has 1 atom stereocenters. The molecule has 1 unspecified atom stereocenters. The van der Waals surface area contributed by atoms with Crippen LogP contribution in [0.2, 0.25) is 5.02 Å². The second-order valence-corrected chi connectivity index (χ2v) is 10.1. The molecule has 8 nitrogen and oxygen atoms in total. The lowest BCUT2D eigenvalue weighted by Gasteiger charge is -2.35. The molecule has 1 N–H and O–H groups in total. The van der Waals surface area contributed by atoms with Crippen molar-refractivity contribution < 1.29 is 14.3 Å². The summed E-state index contributed by atoms with van der Waals surface area (Å²) < 4.78 is 13.5. The molecule has 1 aliphatic heterocycles. The Kier molecular flexibility index (Phi) is 6.94. The van der Waals surface area contributed by atoms with Crippen molar-refractivity contribution in [2.75, 3.05) is 13.2 Å². The highest BCUT2D eigenvalue weighted by atomic mass is 35.5. The lowest BCUT2D eigenvalue weighted by Crippen LogP contribution is -2.42. The molecule has 6 rings (SSSR count). The lowest BCUT2D eigenvalue weighted by atomic mass is 9.92. The van der Waals surface area contributed by atoms with Crippen molar-refractivity contribution in [2.45, 2.75) is 32.4 Å². The topological polar surface area (TPSA) is 85.3 Å². The summed E-state index contributed by atoms with van der Waals surface area (Å²) >= 11 is 6.33. The molecule has 1 amide bonds. The third kappa shape index (κ3) is 5.33. The predicted molar refractivity (Wildman–Crippen MR) is 149 cm³/mol.